The maximum atomic E-state index is 12.2. The number of hydrogen-bond donors (Lipinski definition) is 1. The lowest BCUT2D eigenvalue weighted by Gasteiger charge is -2.35. The molecule has 0 bridgehead atoms. The number of amides is 1. The lowest BCUT2D eigenvalue weighted by atomic mass is 10.2. The fourth-order valence-corrected chi connectivity index (χ4v) is 2.47. The highest BCUT2D eigenvalue weighted by Crippen LogP contribution is 2.20. The number of nitrogen functional groups attached to an aromatic ring is 1. The van der Waals surface area contributed by atoms with E-state index in [0.29, 0.717) is 24.7 Å². The van der Waals surface area contributed by atoms with E-state index in [1.807, 2.05) is 17.9 Å². The van der Waals surface area contributed by atoms with Gasteiger partial charge in [-0.25, -0.2) is 4.98 Å². The average Bonchev–Trinajstić information content (AvgIpc) is 3.04. The van der Waals surface area contributed by atoms with Crippen molar-refractivity contribution in [3.05, 3.63) is 42.0 Å². The first-order chi connectivity index (χ1) is 10.1. The number of carbonyl (C=O) groups is 1. The molecule has 0 radical (unpaired) electrons. The fraction of sp³-hybridized carbons (Fsp3) is 0.333. The number of aryl methyl sites for hydroxylation is 1. The molecule has 0 spiro atoms. The summed E-state index contributed by atoms with van der Waals surface area (Å²) in [7, 11) is 0. The number of furan rings is 1. The summed E-state index contributed by atoms with van der Waals surface area (Å²) in [6.07, 6.45) is 3.30. The number of anilines is 2. The molecule has 0 aromatic carbocycles. The van der Waals surface area contributed by atoms with Crippen LogP contribution in [0.25, 0.3) is 0 Å². The van der Waals surface area contributed by atoms with E-state index in [9.17, 15) is 4.79 Å². The van der Waals surface area contributed by atoms with Crippen LogP contribution in [-0.2, 0) is 0 Å². The third kappa shape index (κ3) is 2.69. The Labute approximate surface area is 123 Å². The molecule has 2 aromatic rings. The van der Waals surface area contributed by atoms with Crippen LogP contribution in [0.1, 0.15) is 16.1 Å². The molecule has 6 nitrogen and oxygen atoms in total. The second-order valence-electron chi connectivity index (χ2n) is 5.15. The van der Waals surface area contributed by atoms with Crippen molar-refractivity contribution in [2.75, 3.05) is 36.8 Å². The van der Waals surface area contributed by atoms with Crippen LogP contribution in [0.2, 0.25) is 0 Å². The van der Waals surface area contributed by atoms with Gasteiger partial charge < -0.3 is 20.0 Å². The molecule has 0 atom stereocenters. The molecule has 6 heteroatoms. The highest BCUT2D eigenvalue weighted by molar-refractivity contribution is 5.91. The summed E-state index contributed by atoms with van der Waals surface area (Å²) in [5, 5.41) is 0. The van der Waals surface area contributed by atoms with Crippen LogP contribution >= 0.6 is 0 Å². The van der Waals surface area contributed by atoms with Crippen LogP contribution in [0.3, 0.4) is 0 Å². The van der Waals surface area contributed by atoms with Crippen LogP contribution in [0.15, 0.2) is 35.1 Å². The van der Waals surface area contributed by atoms with Gasteiger partial charge in [0.05, 0.1) is 18.1 Å². The Balaban J connectivity index is 1.65. The van der Waals surface area contributed by atoms with Gasteiger partial charge in [0.25, 0.3) is 5.91 Å². The molecule has 1 aliphatic rings. The maximum absolute atomic E-state index is 12.2. The standard InChI is InChI=1S/C15H18N4O2/c1-11-9-12(10-17-14(11)16)18-4-6-19(7-5-18)15(20)13-3-2-8-21-13/h2-3,8-10H,4-7H2,1H3,(H2,16,17). The third-order valence-corrected chi connectivity index (χ3v) is 3.77. The average molecular weight is 286 g/mol. The molecule has 1 amide bonds. The zero-order chi connectivity index (χ0) is 14.8. The third-order valence-electron chi connectivity index (χ3n) is 3.77. The molecule has 3 heterocycles. The first-order valence-corrected chi connectivity index (χ1v) is 6.95. The highest BCUT2D eigenvalue weighted by atomic mass is 16.3. The predicted octanol–water partition coefficient (Wildman–Crippen LogP) is 1.53. The van der Waals surface area contributed by atoms with Crippen molar-refractivity contribution < 1.29 is 9.21 Å². The molecule has 0 unspecified atom stereocenters. The number of piperazine rings is 1. The number of nitrogens with two attached hydrogens (primary N) is 1. The summed E-state index contributed by atoms with van der Waals surface area (Å²) in [5.74, 6) is 0.907. The largest absolute Gasteiger partial charge is 0.459 e. The fourth-order valence-electron chi connectivity index (χ4n) is 2.47. The first kappa shape index (κ1) is 13.5. The Bertz CT molecular complexity index is 631. The molecule has 1 fully saturated rings. The van der Waals surface area contributed by atoms with Gasteiger partial charge in [-0.3, -0.25) is 4.79 Å². The molecule has 2 aromatic heterocycles. The molecule has 1 saturated heterocycles. The van der Waals surface area contributed by atoms with Gasteiger partial charge in [-0.1, -0.05) is 0 Å². The van der Waals surface area contributed by atoms with E-state index in [1.165, 1.54) is 6.26 Å². The molecular weight excluding hydrogens is 268 g/mol. The molecule has 1 aliphatic heterocycles. The summed E-state index contributed by atoms with van der Waals surface area (Å²) in [5.41, 5.74) is 7.76. The van der Waals surface area contributed by atoms with Gasteiger partial charge in [-0.2, -0.15) is 0 Å². The minimum atomic E-state index is -0.0498. The summed E-state index contributed by atoms with van der Waals surface area (Å²) >= 11 is 0. The molecule has 2 N–H and O–H groups in total. The van der Waals surface area contributed by atoms with Gasteiger partial charge in [-0.15, -0.1) is 0 Å². The first-order valence-electron chi connectivity index (χ1n) is 6.95. The van der Waals surface area contributed by atoms with Crippen molar-refractivity contribution in [1.29, 1.82) is 0 Å². The highest BCUT2D eigenvalue weighted by Gasteiger charge is 2.24. The van der Waals surface area contributed by atoms with Gasteiger partial charge in [0.2, 0.25) is 0 Å². The van der Waals surface area contributed by atoms with Crippen LogP contribution in [0, 0.1) is 6.92 Å². The van der Waals surface area contributed by atoms with Gasteiger partial charge in [-0.05, 0) is 30.7 Å². The SMILES string of the molecule is Cc1cc(N2CCN(C(=O)c3ccco3)CC2)cnc1N. The summed E-state index contributed by atoms with van der Waals surface area (Å²) in [4.78, 5) is 20.4. The van der Waals surface area contributed by atoms with E-state index in [4.69, 9.17) is 10.2 Å². The molecule has 110 valence electrons. The number of aromatic nitrogens is 1. The normalized spacial score (nSPS) is 15.3. The van der Waals surface area contributed by atoms with Crippen LogP contribution in [0.5, 0.6) is 0 Å². The molecule has 0 aliphatic carbocycles. The van der Waals surface area contributed by atoms with Crippen LogP contribution in [-0.4, -0.2) is 42.0 Å². The number of nitrogens with zero attached hydrogens (tertiary/aromatic N) is 3. The Morgan fingerprint density at radius 2 is 2.10 bits per heavy atom. The number of pyridine rings is 1. The van der Waals surface area contributed by atoms with Crippen molar-refractivity contribution >= 4 is 17.4 Å². The van der Waals surface area contributed by atoms with Crippen molar-refractivity contribution in [3.63, 3.8) is 0 Å². The van der Waals surface area contributed by atoms with E-state index in [1.54, 1.807) is 18.3 Å². The smallest absolute Gasteiger partial charge is 0.289 e. The predicted molar refractivity (Wildman–Crippen MR) is 80.2 cm³/mol. The van der Waals surface area contributed by atoms with Crippen molar-refractivity contribution in [3.8, 4) is 0 Å². The Hall–Kier alpha value is -2.50. The second kappa shape index (κ2) is 5.47. The minimum Gasteiger partial charge on any atom is -0.459 e. The summed E-state index contributed by atoms with van der Waals surface area (Å²) < 4.78 is 5.16. The molecular formula is C15H18N4O2. The van der Waals surface area contributed by atoms with Crippen LogP contribution < -0.4 is 10.6 Å². The number of rotatable bonds is 2. The summed E-state index contributed by atoms with van der Waals surface area (Å²) in [6.45, 7) is 4.84. The van der Waals surface area contributed by atoms with Crippen molar-refractivity contribution in [2.45, 2.75) is 6.92 Å². The van der Waals surface area contributed by atoms with Crippen molar-refractivity contribution in [1.82, 2.24) is 9.88 Å². The number of carbonyl (C=O) groups excluding carboxylic acids is 1. The Kier molecular flexibility index (Phi) is 3.51. The van der Waals surface area contributed by atoms with Gasteiger partial charge >= 0.3 is 0 Å². The topological polar surface area (TPSA) is 75.6 Å². The zero-order valence-electron chi connectivity index (χ0n) is 12.0. The van der Waals surface area contributed by atoms with E-state index in [0.717, 1.165) is 24.3 Å². The van der Waals surface area contributed by atoms with E-state index in [-0.39, 0.29) is 5.91 Å². The van der Waals surface area contributed by atoms with Gasteiger partial charge in [0.1, 0.15) is 5.82 Å². The van der Waals surface area contributed by atoms with Gasteiger partial charge in [0, 0.05) is 26.2 Å². The molecule has 3 rings (SSSR count). The zero-order valence-corrected chi connectivity index (χ0v) is 12.0. The quantitative estimate of drug-likeness (QED) is 0.906. The lowest BCUT2D eigenvalue weighted by molar-refractivity contribution is 0.0714. The molecule has 21 heavy (non-hydrogen) atoms. The number of hydrogen-bond acceptors (Lipinski definition) is 5. The van der Waals surface area contributed by atoms with E-state index < -0.39 is 0 Å². The maximum Gasteiger partial charge on any atom is 0.289 e. The second-order valence-corrected chi connectivity index (χ2v) is 5.15. The van der Waals surface area contributed by atoms with Crippen molar-refractivity contribution in [2.24, 2.45) is 0 Å². The molecule has 0 saturated carbocycles. The van der Waals surface area contributed by atoms with E-state index in [2.05, 4.69) is 9.88 Å². The van der Waals surface area contributed by atoms with Crippen LogP contribution in [0.4, 0.5) is 11.5 Å². The monoisotopic (exact) mass is 286 g/mol. The lowest BCUT2D eigenvalue weighted by Crippen LogP contribution is -2.48. The van der Waals surface area contributed by atoms with E-state index >= 15 is 0 Å². The Morgan fingerprint density at radius 1 is 1.33 bits per heavy atom. The van der Waals surface area contributed by atoms with Gasteiger partial charge in [0.15, 0.2) is 5.76 Å². The minimum absolute atomic E-state index is 0.0498. The Morgan fingerprint density at radius 3 is 2.71 bits per heavy atom. The summed E-state index contributed by atoms with van der Waals surface area (Å²) in [6, 6.07) is 5.46.